The zero-order chi connectivity index (χ0) is 14.4. The van der Waals surface area contributed by atoms with Gasteiger partial charge in [0, 0.05) is 17.5 Å². The van der Waals surface area contributed by atoms with E-state index in [0.29, 0.717) is 6.54 Å². The average molecular weight is 281 g/mol. The van der Waals surface area contributed by atoms with Gasteiger partial charge in [-0.1, -0.05) is 13.8 Å². The SMILES string of the molecule is Cc1ccsc1/C=C/C(=O)N(CC(=O)O)CC(C)C. The molecule has 1 heterocycles. The summed E-state index contributed by atoms with van der Waals surface area (Å²) in [4.78, 5) is 25.1. The number of hydrogen-bond acceptors (Lipinski definition) is 3. The molecule has 0 aliphatic heterocycles. The first kappa shape index (κ1) is 15.4. The normalized spacial score (nSPS) is 11.2. The number of rotatable bonds is 6. The van der Waals surface area contributed by atoms with Crippen molar-refractivity contribution in [2.24, 2.45) is 5.92 Å². The lowest BCUT2D eigenvalue weighted by molar-refractivity contribution is -0.143. The fraction of sp³-hybridized carbons (Fsp3) is 0.429. The molecule has 0 atom stereocenters. The number of carbonyl (C=O) groups excluding carboxylic acids is 1. The van der Waals surface area contributed by atoms with Crippen LogP contribution in [0.5, 0.6) is 0 Å². The van der Waals surface area contributed by atoms with Crippen molar-refractivity contribution >= 4 is 29.3 Å². The maximum absolute atomic E-state index is 12.0. The number of carboxylic acids is 1. The molecule has 104 valence electrons. The van der Waals surface area contributed by atoms with Crippen LogP contribution < -0.4 is 0 Å². The van der Waals surface area contributed by atoms with Gasteiger partial charge in [-0.25, -0.2) is 0 Å². The van der Waals surface area contributed by atoms with Crippen LogP contribution in [0.1, 0.15) is 24.3 Å². The van der Waals surface area contributed by atoms with E-state index in [1.807, 2.05) is 32.2 Å². The van der Waals surface area contributed by atoms with Crippen LogP contribution in [0.2, 0.25) is 0 Å². The van der Waals surface area contributed by atoms with Gasteiger partial charge in [0.1, 0.15) is 6.54 Å². The summed E-state index contributed by atoms with van der Waals surface area (Å²) in [6.45, 7) is 6.07. The largest absolute Gasteiger partial charge is 0.480 e. The Labute approximate surface area is 117 Å². The second kappa shape index (κ2) is 7.09. The third kappa shape index (κ3) is 5.26. The number of nitrogens with zero attached hydrogens (tertiary/aromatic N) is 1. The van der Waals surface area contributed by atoms with Crippen LogP contribution in [0, 0.1) is 12.8 Å². The Kier molecular flexibility index (Phi) is 5.76. The van der Waals surface area contributed by atoms with Crippen molar-refractivity contribution in [2.75, 3.05) is 13.1 Å². The molecule has 0 unspecified atom stereocenters. The summed E-state index contributed by atoms with van der Waals surface area (Å²) >= 11 is 1.56. The van der Waals surface area contributed by atoms with Crippen LogP contribution in [-0.4, -0.2) is 35.0 Å². The van der Waals surface area contributed by atoms with Gasteiger partial charge >= 0.3 is 5.97 Å². The highest BCUT2D eigenvalue weighted by Crippen LogP contribution is 2.17. The van der Waals surface area contributed by atoms with Crippen molar-refractivity contribution in [1.29, 1.82) is 0 Å². The maximum atomic E-state index is 12.0. The molecule has 19 heavy (non-hydrogen) atoms. The standard InChI is InChI=1S/C14H19NO3S/c1-10(2)8-15(9-14(17)18)13(16)5-4-12-11(3)6-7-19-12/h4-7,10H,8-9H2,1-3H3,(H,17,18)/b5-4+. The summed E-state index contributed by atoms with van der Waals surface area (Å²) in [5, 5.41) is 10.8. The highest BCUT2D eigenvalue weighted by Gasteiger charge is 2.15. The summed E-state index contributed by atoms with van der Waals surface area (Å²) in [7, 11) is 0. The molecular formula is C14H19NO3S. The van der Waals surface area contributed by atoms with E-state index in [9.17, 15) is 9.59 Å². The van der Waals surface area contributed by atoms with Crippen LogP contribution >= 0.6 is 11.3 Å². The van der Waals surface area contributed by atoms with E-state index >= 15 is 0 Å². The topological polar surface area (TPSA) is 57.6 Å². The molecule has 1 N–H and O–H groups in total. The van der Waals surface area contributed by atoms with Crippen LogP contribution in [0.15, 0.2) is 17.5 Å². The molecule has 4 nitrogen and oxygen atoms in total. The molecule has 0 radical (unpaired) electrons. The quantitative estimate of drug-likeness (QED) is 0.815. The lowest BCUT2D eigenvalue weighted by atomic mass is 10.2. The van der Waals surface area contributed by atoms with E-state index in [2.05, 4.69) is 0 Å². The Balaban J connectivity index is 2.73. The first-order valence-corrected chi connectivity index (χ1v) is 7.01. The van der Waals surface area contributed by atoms with E-state index in [-0.39, 0.29) is 18.4 Å². The minimum Gasteiger partial charge on any atom is -0.480 e. The molecule has 1 aromatic rings. The smallest absolute Gasteiger partial charge is 0.323 e. The number of carbonyl (C=O) groups is 2. The number of carboxylic acid groups (broad SMARTS) is 1. The zero-order valence-electron chi connectivity index (χ0n) is 11.4. The van der Waals surface area contributed by atoms with Gasteiger partial charge in [-0.3, -0.25) is 9.59 Å². The van der Waals surface area contributed by atoms with Gasteiger partial charge in [-0.05, 0) is 35.9 Å². The first-order chi connectivity index (χ1) is 8.90. The van der Waals surface area contributed by atoms with Gasteiger partial charge in [-0.2, -0.15) is 0 Å². The average Bonchev–Trinajstić information content (AvgIpc) is 2.69. The molecule has 0 spiro atoms. The Morgan fingerprint density at radius 1 is 1.47 bits per heavy atom. The highest BCUT2D eigenvalue weighted by atomic mass is 32.1. The van der Waals surface area contributed by atoms with Gasteiger partial charge in [0.15, 0.2) is 0 Å². The first-order valence-electron chi connectivity index (χ1n) is 6.13. The van der Waals surface area contributed by atoms with Crippen molar-refractivity contribution in [3.63, 3.8) is 0 Å². The van der Waals surface area contributed by atoms with Gasteiger partial charge in [0.05, 0.1) is 0 Å². The van der Waals surface area contributed by atoms with Crippen LogP contribution in [-0.2, 0) is 9.59 Å². The van der Waals surface area contributed by atoms with E-state index in [1.165, 1.54) is 11.0 Å². The van der Waals surface area contributed by atoms with Gasteiger partial charge in [-0.15, -0.1) is 11.3 Å². The number of aliphatic carboxylic acids is 1. The summed E-state index contributed by atoms with van der Waals surface area (Å²) in [6, 6.07) is 1.98. The van der Waals surface area contributed by atoms with E-state index in [0.717, 1.165) is 10.4 Å². The predicted octanol–water partition coefficient (Wildman–Crippen LogP) is 2.64. The zero-order valence-corrected chi connectivity index (χ0v) is 12.2. The minimum atomic E-state index is -0.991. The fourth-order valence-corrected chi connectivity index (χ4v) is 2.46. The highest BCUT2D eigenvalue weighted by molar-refractivity contribution is 7.11. The Bertz CT molecular complexity index is 477. The lowest BCUT2D eigenvalue weighted by Gasteiger charge is -2.21. The monoisotopic (exact) mass is 281 g/mol. The van der Waals surface area contributed by atoms with Gasteiger partial charge < -0.3 is 10.0 Å². The maximum Gasteiger partial charge on any atom is 0.323 e. The van der Waals surface area contributed by atoms with E-state index in [4.69, 9.17) is 5.11 Å². The summed E-state index contributed by atoms with van der Waals surface area (Å²) in [5.74, 6) is -1.02. The molecule has 0 aromatic carbocycles. The van der Waals surface area contributed by atoms with Crippen molar-refractivity contribution in [1.82, 2.24) is 4.90 Å². The van der Waals surface area contributed by atoms with Crippen molar-refractivity contribution in [3.8, 4) is 0 Å². The van der Waals surface area contributed by atoms with Crippen molar-refractivity contribution in [3.05, 3.63) is 28.0 Å². The fourth-order valence-electron chi connectivity index (χ4n) is 1.64. The summed E-state index contributed by atoms with van der Waals surface area (Å²) < 4.78 is 0. The summed E-state index contributed by atoms with van der Waals surface area (Å²) in [5.41, 5.74) is 1.11. The van der Waals surface area contributed by atoms with Crippen LogP contribution in [0.25, 0.3) is 6.08 Å². The number of thiophene rings is 1. The van der Waals surface area contributed by atoms with Crippen LogP contribution in [0.3, 0.4) is 0 Å². The molecule has 0 fully saturated rings. The minimum absolute atomic E-state index is 0.236. The molecule has 0 saturated carbocycles. The molecule has 0 bridgehead atoms. The second-order valence-electron chi connectivity index (χ2n) is 4.81. The molecule has 0 saturated heterocycles. The Morgan fingerprint density at radius 2 is 2.16 bits per heavy atom. The third-order valence-electron chi connectivity index (χ3n) is 2.50. The lowest BCUT2D eigenvalue weighted by Crippen LogP contribution is -2.37. The molecule has 1 aromatic heterocycles. The van der Waals surface area contributed by atoms with Gasteiger partial charge in [0.2, 0.25) is 5.91 Å². The Morgan fingerprint density at radius 3 is 2.63 bits per heavy atom. The Hall–Kier alpha value is -1.62. The molecular weight excluding hydrogens is 262 g/mol. The van der Waals surface area contributed by atoms with Crippen LogP contribution in [0.4, 0.5) is 0 Å². The van der Waals surface area contributed by atoms with E-state index < -0.39 is 5.97 Å². The predicted molar refractivity (Wildman–Crippen MR) is 77.1 cm³/mol. The molecule has 1 rings (SSSR count). The third-order valence-corrected chi connectivity index (χ3v) is 3.49. The molecule has 0 aliphatic rings. The summed E-state index contributed by atoms with van der Waals surface area (Å²) in [6.07, 6.45) is 3.20. The molecule has 5 heteroatoms. The molecule has 0 aliphatic carbocycles. The van der Waals surface area contributed by atoms with Crippen molar-refractivity contribution in [2.45, 2.75) is 20.8 Å². The number of amides is 1. The second-order valence-corrected chi connectivity index (χ2v) is 5.76. The number of aryl methyl sites for hydroxylation is 1. The van der Waals surface area contributed by atoms with Crippen molar-refractivity contribution < 1.29 is 14.7 Å². The number of hydrogen-bond donors (Lipinski definition) is 1. The van der Waals surface area contributed by atoms with E-state index in [1.54, 1.807) is 17.4 Å². The molecule has 1 amide bonds. The van der Waals surface area contributed by atoms with Gasteiger partial charge in [0.25, 0.3) is 0 Å².